The molecule has 2 aromatic heterocycles. The third-order valence-corrected chi connectivity index (χ3v) is 5.85. The lowest BCUT2D eigenvalue weighted by molar-refractivity contribution is 0.160. The average molecular weight is 395 g/mol. The van der Waals surface area contributed by atoms with Gasteiger partial charge in [-0.05, 0) is 57.5 Å². The number of methoxy groups -OCH3 is 1. The van der Waals surface area contributed by atoms with Gasteiger partial charge in [0.25, 0.3) is 0 Å². The maximum absolute atomic E-state index is 5.85. The van der Waals surface area contributed by atoms with Gasteiger partial charge in [-0.1, -0.05) is 18.0 Å². The maximum Gasteiger partial charge on any atom is 0.154 e. The highest BCUT2D eigenvalue weighted by Crippen LogP contribution is 2.34. The summed E-state index contributed by atoms with van der Waals surface area (Å²) in [5.74, 6) is 1.80. The predicted molar refractivity (Wildman–Crippen MR) is 113 cm³/mol. The van der Waals surface area contributed by atoms with Gasteiger partial charge in [0, 0.05) is 36.5 Å². The molecule has 0 saturated carbocycles. The molecule has 1 aliphatic heterocycles. The molecule has 154 valence electrons. The molecular weight excluding hydrogens is 364 g/mol. The summed E-state index contributed by atoms with van der Waals surface area (Å²) in [4.78, 5) is 2.54. The van der Waals surface area contributed by atoms with E-state index in [-0.39, 0.29) is 6.04 Å². The number of benzene rings is 1. The van der Waals surface area contributed by atoms with E-state index in [0.29, 0.717) is 0 Å². The van der Waals surface area contributed by atoms with Crippen LogP contribution in [0.15, 0.2) is 41.1 Å². The Bertz CT molecular complexity index is 929. The highest BCUT2D eigenvalue weighted by atomic mass is 16.5. The Hall–Kier alpha value is -2.60. The van der Waals surface area contributed by atoms with Crippen molar-refractivity contribution in [3.05, 3.63) is 53.5 Å². The molecule has 0 aliphatic carbocycles. The van der Waals surface area contributed by atoms with Gasteiger partial charge in [-0.3, -0.25) is 9.58 Å². The fraction of sp³-hybridized carbons (Fsp3) is 0.478. The van der Waals surface area contributed by atoms with Gasteiger partial charge < -0.3 is 9.26 Å². The van der Waals surface area contributed by atoms with Gasteiger partial charge in [0.2, 0.25) is 0 Å². The molecule has 1 atom stereocenters. The van der Waals surface area contributed by atoms with Crippen molar-refractivity contribution in [3.8, 4) is 17.0 Å². The van der Waals surface area contributed by atoms with Crippen LogP contribution < -0.4 is 4.74 Å². The molecule has 0 bridgehead atoms. The van der Waals surface area contributed by atoms with Gasteiger partial charge in [-0.15, -0.1) is 0 Å². The third-order valence-electron chi connectivity index (χ3n) is 5.85. The van der Waals surface area contributed by atoms with Crippen LogP contribution in [-0.2, 0) is 13.1 Å². The van der Waals surface area contributed by atoms with Crippen LogP contribution in [-0.4, -0.2) is 33.5 Å². The van der Waals surface area contributed by atoms with E-state index in [2.05, 4.69) is 41.3 Å². The maximum atomic E-state index is 5.85. The summed E-state index contributed by atoms with van der Waals surface area (Å²) < 4.78 is 13.1. The third kappa shape index (κ3) is 4.37. The molecular formula is C23H30N4O2. The first kappa shape index (κ1) is 19.7. The summed E-state index contributed by atoms with van der Waals surface area (Å²) in [5.41, 5.74) is 4.34. The molecule has 0 spiro atoms. The quantitative estimate of drug-likeness (QED) is 0.589. The average Bonchev–Trinajstić information content (AvgIpc) is 3.30. The van der Waals surface area contributed by atoms with Crippen molar-refractivity contribution >= 4 is 0 Å². The van der Waals surface area contributed by atoms with Crippen molar-refractivity contribution in [2.75, 3.05) is 13.7 Å². The molecule has 6 nitrogen and oxygen atoms in total. The van der Waals surface area contributed by atoms with Crippen LogP contribution in [0.4, 0.5) is 0 Å². The van der Waals surface area contributed by atoms with E-state index in [1.54, 1.807) is 7.11 Å². The van der Waals surface area contributed by atoms with Gasteiger partial charge in [0.1, 0.15) is 11.4 Å². The lowest BCUT2D eigenvalue weighted by Crippen LogP contribution is -2.28. The van der Waals surface area contributed by atoms with Crippen LogP contribution >= 0.6 is 0 Å². The standard InChI is InChI=1S/C23H30N4O2/c1-4-27-16-19(17(2)24-27)15-26-13-7-5-6-8-22(26)23-14-21(25-29-23)18-9-11-20(28-3)12-10-18/h9-12,14,16,22H,4-8,13,15H2,1-3H3/t22-/m0/s1. The summed E-state index contributed by atoms with van der Waals surface area (Å²) in [7, 11) is 1.68. The Kier molecular flexibility index (Phi) is 6.00. The Morgan fingerprint density at radius 1 is 1.17 bits per heavy atom. The second-order valence-corrected chi connectivity index (χ2v) is 7.77. The molecule has 0 amide bonds. The van der Waals surface area contributed by atoms with Crippen molar-refractivity contribution in [1.82, 2.24) is 19.8 Å². The highest BCUT2D eigenvalue weighted by Gasteiger charge is 2.27. The van der Waals surface area contributed by atoms with Gasteiger partial charge in [0.05, 0.1) is 18.8 Å². The molecule has 1 saturated heterocycles. The highest BCUT2D eigenvalue weighted by molar-refractivity contribution is 5.60. The Morgan fingerprint density at radius 3 is 2.72 bits per heavy atom. The van der Waals surface area contributed by atoms with Crippen LogP contribution in [0.5, 0.6) is 5.75 Å². The molecule has 3 heterocycles. The SMILES string of the molecule is CCn1cc(CN2CCCCC[C@H]2c2cc(-c3ccc(OC)cc3)no2)c(C)n1. The number of aromatic nitrogens is 3. The van der Waals surface area contributed by atoms with Gasteiger partial charge in [-0.25, -0.2) is 0 Å². The fourth-order valence-corrected chi connectivity index (χ4v) is 4.12. The van der Waals surface area contributed by atoms with E-state index in [0.717, 1.165) is 54.5 Å². The summed E-state index contributed by atoms with van der Waals surface area (Å²) >= 11 is 0. The van der Waals surface area contributed by atoms with E-state index in [4.69, 9.17) is 9.26 Å². The molecule has 1 aliphatic rings. The van der Waals surface area contributed by atoms with E-state index in [1.807, 2.05) is 28.9 Å². The molecule has 0 radical (unpaired) electrons. The second-order valence-electron chi connectivity index (χ2n) is 7.77. The Balaban J connectivity index is 1.57. The second kappa shape index (κ2) is 8.82. The lowest BCUT2D eigenvalue weighted by atomic mass is 10.0. The first-order valence-corrected chi connectivity index (χ1v) is 10.6. The van der Waals surface area contributed by atoms with E-state index in [9.17, 15) is 0 Å². The minimum Gasteiger partial charge on any atom is -0.497 e. The van der Waals surface area contributed by atoms with Crippen LogP contribution in [0.1, 0.15) is 55.7 Å². The monoisotopic (exact) mass is 394 g/mol. The zero-order valence-corrected chi connectivity index (χ0v) is 17.6. The van der Waals surface area contributed by atoms with Crippen molar-refractivity contribution in [2.24, 2.45) is 0 Å². The number of rotatable bonds is 6. The first-order chi connectivity index (χ1) is 14.2. The van der Waals surface area contributed by atoms with Crippen LogP contribution in [0.2, 0.25) is 0 Å². The van der Waals surface area contributed by atoms with Crippen LogP contribution in [0.25, 0.3) is 11.3 Å². The number of nitrogens with zero attached hydrogens (tertiary/aromatic N) is 4. The minimum absolute atomic E-state index is 0.251. The summed E-state index contributed by atoms with van der Waals surface area (Å²) in [6.45, 7) is 7.09. The van der Waals surface area contributed by atoms with Crippen molar-refractivity contribution in [2.45, 2.75) is 58.7 Å². The van der Waals surface area contributed by atoms with Crippen LogP contribution in [0.3, 0.4) is 0 Å². The van der Waals surface area contributed by atoms with E-state index < -0.39 is 0 Å². The van der Waals surface area contributed by atoms with E-state index in [1.165, 1.54) is 24.8 Å². The number of aryl methyl sites for hydroxylation is 2. The topological polar surface area (TPSA) is 56.3 Å². The molecule has 4 rings (SSSR count). The summed E-state index contributed by atoms with van der Waals surface area (Å²) in [5, 5.41) is 8.98. The predicted octanol–water partition coefficient (Wildman–Crippen LogP) is 4.99. The molecule has 0 unspecified atom stereocenters. The lowest BCUT2D eigenvalue weighted by Gasteiger charge is -2.27. The molecule has 29 heavy (non-hydrogen) atoms. The zero-order valence-electron chi connectivity index (χ0n) is 17.6. The molecule has 1 aromatic carbocycles. The molecule has 6 heteroatoms. The smallest absolute Gasteiger partial charge is 0.154 e. The number of likely N-dealkylation sites (tertiary alicyclic amines) is 1. The molecule has 0 N–H and O–H groups in total. The zero-order chi connectivity index (χ0) is 20.2. The van der Waals surface area contributed by atoms with Gasteiger partial charge in [-0.2, -0.15) is 5.10 Å². The molecule has 3 aromatic rings. The first-order valence-electron chi connectivity index (χ1n) is 10.6. The van der Waals surface area contributed by atoms with Crippen molar-refractivity contribution in [3.63, 3.8) is 0 Å². The number of hydrogen-bond donors (Lipinski definition) is 0. The van der Waals surface area contributed by atoms with Crippen molar-refractivity contribution < 1.29 is 9.26 Å². The van der Waals surface area contributed by atoms with Gasteiger partial charge >= 0.3 is 0 Å². The van der Waals surface area contributed by atoms with Crippen LogP contribution in [0, 0.1) is 6.92 Å². The Morgan fingerprint density at radius 2 is 2.00 bits per heavy atom. The summed E-state index contributed by atoms with van der Waals surface area (Å²) in [6.07, 6.45) is 6.97. The molecule has 1 fully saturated rings. The normalized spacial score (nSPS) is 18.0. The Labute approximate surface area is 172 Å². The summed E-state index contributed by atoms with van der Waals surface area (Å²) in [6, 6.07) is 10.3. The number of ether oxygens (including phenoxy) is 1. The number of hydrogen-bond acceptors (Lipinski definition) is 5. The van der Waals surface area contributed by atoms with Gasteiger partial charge in [0.15, 0.2) is 5.76 Å². The fourth-order valence-electron chi connectivity index (χ4n) is 4.12. The van der Waals surface area contributed by atoms with E-state index >= 15 is 0 Å². The van der Waals surface area contributed by atoms with Crippen molar-refractivity contribution in [1.29, 1.82) is 0 Å². The minimum atomic E-state index is 0.251. The largest absolute Gasteiger partial charge is 0.497 e.